The van der Waals surface area contributed by atoms with E-state index in [1.165, 1.54) is 13.0 Å². The molecule has 0 aliphatic carbocycles. The number of nitrogen functional groups attached to an aromatic ring is 1. The number of methoxy groups -OCH3 is 3. The molecular formula is C46H48Br3N9O8. The van der Waals surface area contributed by atoms with Crippen LogP contribution in [0.4, 0.5) is 5.95 Å². The van der Waals surface area contributed by atoms with E-state index in [0.717, 1.165) is 46.1 Å². The lowest BCUT2D eigenvalue weighted by Gasteiger charge is -2.06. The van der Waals surface area contributed by atoms with Gasteiger partial charge in [-0.05, 0) is 80.6 Å². The first-order valence-electron chi connectivity index (χ1n) is 20.2. The number of aromatic amines is 3. The van der Waals surface area contributed by atoms with Crippen molar-refractivity contribution < 1.29 is 38.2 Å². The molecule has 4 aromatic heterocycles. The van der Waals surface area contributed by atoms with Crippen molar-refractivity contribution in [1.82, 2.24) is 40.9 Å². The second kappa shape index (κ2) is 24.5. The van der Waals surface area contributed by atoms with E-state index >= 15 is 0 Å². The number of H-pyrrole nitrogens is 3. The predicted molar refractivity (Wildman–Crippen MR) is 265 cm³/mol. The number of aromatic nitrogens is 5. The maximum absolute atomic E-state index is 12.6. The lowest BCUT2D eigenvalue weighted by molar-refractivity contribution is 0.0919. The predicted octanol–water partition coefficient (Wildman–Crippen LogP) is 7.92. The summed E-state index contributed by atoms with van der Waals surface area (Å²) < 4.78 is 17.4. The van der Waals surface area contributed by atoms with Crippen LogP contribution in [0.25, 0.3) is 44.0 Å². The van der Waals surface area contributed by atoms with Gasteiger partial charge in [-0.2, -0.15) is 0 Å². The lowest BCUT2D eigenvalue weighted by Crippen LogP contribution is -2.28. The first-order valence-corrected chi connectivity index (χ1v) is 22.6. The number of benzene rings is 3. The van der Waals surface area contributed by atoms with E-state index < -0.39 is 0 Å². The van der Waals surface area contributed by atoms with Crippen LogP contribution in [0.15, 0.2) is 92.4 Å². The monoisotopic (exact) mass is 1090 g/mol. The van der Waals surface area contributed by atoms with Crippen LogP contribution < -0.4 is 21.7 Å². The van der Waals surface area contributed by atoms with E-state index in [1.54, 1.807) is 46.6 Å². The molecule has 0 saturated heterocycles. The molecule has 0 atom stereocenters. The summed E-state index contributed by atoms with van der Waals surface area (Å²) in [5.41, 5.74) is 11.1. The van der Waals surface area contributed by atoms with E-state index in [1.807, 2.05) is 54.6 Å². The van der Waals surface area contributed by atoms with Crippen molar-refractivity contribution in [1.29, 1.82) is 0 Å². The summed E-state index contributed by atoms with van der Waals surface area (Å²) >= 11 is 10.2. The summed E-state index contributed by atoms with van der Waals surface area (Å²) in [4.78, 5) is 78.6. The quantitative estimate of drug-likeness (QED) is 0.0278. The van der Waals surface area contributed by atoms with Gasteiger partial charge >= 0.3 is 0 Å². The molecule has 20 heteroatoms. The van der Waals surface area contributed by atoms with Gasteiger partial charge in [0.05, 0.1) is 36.6 Å². The van der Waals surface area contributed by atoms with Crippen LogP contribution in [-0.4, -0.2) is 115 Å². The molecule has 66 heavy (non-hydrogen) atoms. The van der Waals surface area contributed by atoms with Crippen molar-refractivity contribution in [2.45, 2.75) is 13.8 Å². The number of ketones is 2. The third kappa shape index (κ3) is 12.9. The number of anilines is 1. The Kier molecular flexibility index (Phi) is 18.9. The number of hydrogen-bond donors (Lipinski definition) is 7. The normalized spacial score (nSPS) is 11.0. The fraction of sp³-hybridized carbons (Fsp3) is 0.239. The van der Waals surface area contributed by atoms with Crippen molar-refractivity contribution in [3.05, 3.63) is 121 Å². The molecule has 0 aliphatic rings. The van der Waals surface area contributed by atoms with E-state index in [2.05, 4.69) is 88.7 Å². The van der Waals surface area contributed by atoms with Crippen LogP contribution in [0.5, 0.6) is 0 Å². The third-order valence-electron chi connectivity index (χ3n) is 9.59. The number of carbonyl (C=O) groups is 5. The second-order valence-corrected chi connectivity index (χ2v) is 16.9. The van der Waals surface area contributed by atoms with Crippen molar-refractivity contribution >= 4 is 116 Å². The molecule has 4 heterocycles. The lowest BCUT2D eigenvalue weighted by atomic mass is 10.1. The van der Waals surface area contributed by atoms with Gasteiger partial charge in [0, 0.05) is 98.9 Å². The maximum atomic E-state index is 12.6. The van der Waals surface area contributed by atoms with Crippen molar-refractivity contribution in [3.63, 3.8) is 0 Å². The molecular weight excluding hydrogens is 1050 g/mol. The number of halogens is 3. The standard InChI is InChI=1S/C16H16BrN5O2.C16H17BrN2O3.C14H15BrN2O3/c1-24-7-6-19-15(23)14-13(12-4-5-20-16(18)22-12)10-8-9(17)2-3-11(10)21-14;1-3-4-13(20)14-11-9-10(17)5-6-12(11)19-15(14)16(21)18-7-8-22-2;1-8(18)12-10-7-9(15)3-4-11(10)17-13(12)14(19)16-5-6-20-2/h2-5,8,21H,6-7H2,1H3,(H,19,23)(H2,18,20,22);3-6,9,19H,7-8H2,1-2H3,(H,18,21);3-4,7,17H,5-6H2,1-2H3,(H,16,19)/b;4-3+;. The first kappa shape index (κ1) is 51.0. The minimum atomic E-state index is -0.322. The average Bonchev–Trinajstić information content (AvgIpc) is 3.98. The number of allylic oxidation sites excluding steroid dienone is 2. The Bertz CT molecular complexity index is 2910. The molecule has 17 nitrogen and oxygen atoms in total. The number of Topliss-reactive ketones (excluding diaryl/α,β-unsaturated/α-hetero) is 1. The molecule has 7 aromatic rings. The van der Waals surface area contributed by atoms with Crippen LogP contribution in [0.3, 0.4) is 0 Å². The van der Waals surface area contributed by atoms with E-state index in [4.69, 9.17) is 19.9 Å². The van der Waals surface area contributed by atoms with Gasteiger partial charge in [0.15, 0.2) is 11.6 Å². The zero-order valence-corrected chi connectivity index (χ0v) is 41.4. The van der Waals surface area contributed by atoms with E-state index in [0.29, 0.717) is 73.2 Å². The summed E-state index contributed by atoms with van der Waals surface area (Å²) in [6.07, 6.45) is 4.68. The Hall–Kier alpha value is -6.03. The minimum Gasteiger partial charge on any atom is -0.383 e. The van der Waals surface area contributed by atoms with Crippen molar-refractivity contribution in [2.24, 2.45) is 0 Å². The molecule has 7 rings (SSSR count). The molecule has 0 saturated carbocycles. The van der Waals surface area contributed by atoms with Crippen LogP contribution in [0.2, 0.25) is 0 Å². The number of amides is 3. The number of rotatable bonds is 16. The van der Waals surface area contributed by atoms with Crippen LogP contribution in [-0.2, 0) is 14.2 Å². The highest BCUT2D eigenvalue weighted by molar-refractivity contribution is 9.11. The fourth-order valence-electron chi connectivity index (χ4n) is 6.70. The fourth-order valence-corrected chi connectivity index (χ4v) is 7.79. The van der Waals surface area contributed by atoms with Gasteiger partial charge in [-0.15, -0.1) is 0 Å². The molecule has 0 spiro atoms. The molecule has 3 aromatic carbocycles. The number of nitrogens with one attached hydrogen (secondary N) is 6. The third-order valence-corrected chi connectivity index (χ3v) is 11.1. The van der Waals surface area contributed by atoms with E-state index in [9.17, 15) is 24.0 Å². The van der Waals surface area contributed by atoms with Gasteiger partial charge in [0.2, 0.25) is 5.95 Å². The summed E-state index contributed by atoms with van der Waals surface area (Å²) in [7, 11) is 4.71. The van der Waals surface area contributed by atoms with Crippen LogP contribution in [0, 0.1) is 0 Å². The number of nitrogens with two attached hydrogens (primary N) is 1. The largest absolute Gasteiger partial charge is 0.383 e. The number of carbonyl (C=O) groups excluding carboxylic acids is 5. The number of fused-ring (bicyclic) bond motifs is 3. The van der Waals surface area contributed by atoms with E-state index in [-0.39, 0.29) is 40.9 Å². The molecule has 346 valence electrons. The second-order valence-electron chi connectivity index (χ2n) is 14.2. The number of ether oxygens (including phenoxy) is 3. The topological polar surface area (TPSA) is 248 Å². The van der Waals surface area contributed by atoms with Crippen molar-refractivity contribution in [2.75, 3.05) is 66.5 Å². The zero-order chi connectivity index (χ0) is 47.9. The highest BCUT2D eigenvalue weighted by atomic mass is 79.9. The zero-order valence-electron chi connectivity index (χ0n) is 36.6. The summed E-state index contributed by atoms with van der Waals surface area (Å²) in [6.45, 7) is 5.68. The summed E-state index contributed by atoms with van der Waals surface area (Å²) in [5.74, 6) is -1.05. The Labute approximate surface area is 404 Å². The van der Waals surface area contributed by atoms with Gasteiger partial charge in [-0.25, -0.2) is 9.97 Å². The molecule has 8 N–H and O–H groups in total. The highest BCUT2D eigenvalue weighted by Crippen LogP contribution is 2.34. The molecule has 0 bridgehead atoms. The van der Waals surface area contributed by atoms with Gasteiger partial charge in [0.25, 0.3) is 17.7 Å². The minimum absolute atomic E-state index is 0.147. The summed E-state index contributed by atoms with van der Waals surface area (Å²) in [6, 6.07) is 18.5. The summed E-state index contributed by atoms with van der Waals surface area (Å²) in [5, 5.41) is 10.6. The van der Waals surface area contributed by atoms with Crippen LogP contribution >= 0.6 is 47.8 Å². The van der Waals surface area contributed by atoms with Gasteiger partial charge in [0.1, 0.15) is 17.1 Å². The highest BCUT2D eigenvalue weighted by Gasteiger charge is 2.24. The number of nitrogens with zero attached hydrogens (tertiary/aromatic N) is 2. The maximum Gasteiger partial charge on any atom is 0.268 e. The Morgan fingerprint density at radius 3 is 1.52 bits per heavy atom. The average molecular weight is 1090 g/mol. The Morgan fingerprint density at radius 1 is 0.636 bits per heavy atom. The first-order chi connectivity index (χ1) is 31.7. The molecule has 0 fully saturated rings. The van der Waals surface area contributed by atoms with Gasteiger partial charge in [-0.1, -0.05) is 53.9 Å². The SMILES string of the molecule is C/C=C/C(=O)c1c(C(=O)NCCOC)[nH]c2ccc(Br)cc12.COCCNC(=O)c1[nH]c2ccc(Br)cc2c1-c1ccnc(N)n1.COCCNC(=O)c1[nH]c2ccc(Br)cc2c1C(C)=O. The Balaban J connectivity index is 0.000000186. The van der Waals surface area contributed by atoms with Gasteiger partial charge < -0.3 is 50.8 Å². The Morgan fingerprint density at radius 2 is 1.06 bits per heavy atom. The van der Waals surface area contributed by atoms with Crippen molar-refractivity contribution in [3.8, 4) is 11.3 Å². The molecule has 3 amide bonds. The number of hydrogen-bond acceptors (Lipinski definition) is 11. The molecule has 0 aliphatic heterocycles. The molecule has 0 radical (unpaired) electrons. The molecule has 0 unspecified atom stereocenters. The smallest absolute Gasteiger partial charge is 0.268 e. The van der Waals surface area contributed by atoms with Crippen LogP contribution in [0.1, 0.15) is 66.0 Å². The van der Waals surface area contributed by atoms with Gasteiger partial charge in [-0.3, -0.25) is 24.0 Å².